The molecule has 0 saturated heterocycles. The standard InChI is InChI=1S/C14H13N3O4/c1-8-5-11(14(19)6-9(8)2)15-16-12-7-10(17(20)21)3-4-13(12)18/h3-7,18-19H,1-2H3. The Labute approximate surface area is 120 Å². The summed E-state index contributed by atoms with van der Waals surface area (Å²) in [5, 5.41) is 37.7. The Morgan fingerprint density at radius 3 is 2.14 bits per heavy atom. The fraction of sp³-hybridized carbons (Fsp3) is 0.143. The lowest BCUT2D eigenvalue weighted by Gasteiger charge is -2.03. The highest BCUT2D eigenvalue weighted by Gasteiger charge is 2.10. The van der Waals surface area contributed by atoms with Gasteiger partial charge in [-0.15, -0.1) is 10.2 Å². The van der Waals surface area contributed by atoms with E-state index in [1.54, 1.807) is 12.1 Å². The molecule has 0 unspecified atom stereocenters. The third kappa shape index (κ3) is 3.14. The average molecular weight is 287 g/mol. The van der Waals surface area contributed by atoms with E-state index < -0.39 is 4.92 Å². The van der Waals surface area contributed by atoms with Crippen LogP contribution in [0.3, 0.4) is 0 Å². The Hall–Kier alpha value is -2.96. The van der Waals surface area contributed by atoms with Crippen LogP contribution in [0, 0.1) is 24.0 Å². The summed E-state index contributed by atoms with van der Waals surface area (Å²) in [5.41, 5.74) is 1.81. The van der Waals surface area contributed by atoms with E-state index >= 15 is 0 Å². The zero-order valence-corrected chi connectivity index (χ0v) is 11.4. The molecule has 0 bridgehead atoms. The van der Waals surface area contributed by atoms with Gasteiger partial charge in [0.25, 0.3) is 5.69 Å². The first-order valence-corrected chi connectivity index (χ1v) is 6.08. The van der Waals surface area contributed by atoms with Gasteiger partial charge in [-0.2, -0.15) is 0 Å². The summed E-state index contributed by atoms with van der Waals surface area (Å²) in [6.45, 7) is 3.71. The van der Waals surface area contributed by atoms with Crippen molar-refractivity contribution < 1.29 is 15.1 Å². The fourth-order valence-electron chi connectivity index (χ4n) is 1.68. The van der Waals surface area contributed by atoms with Gasteiger partial charge in [-0.05, 0) is 43.2 Å². The molecular formula is C14H13N3O4. The molecule has 0 fully saturated rings. The number of nitro benzene ring substituents is 1. The molecule has 21 heavy (non-hydrogen) atoms. The highest BCUT2D eigenvalue weighted by Crippen LogP contribution is 2.34. The van der Waals surface area contributed by atoms with Crippen molar-refractivity contribution in [1.29, 1.82) is 0 Å². The Morgan fingerprint density at radius 2 is 1.52 bits per heavy atom. The van der Waals surface area contributed by atoms with Gasteiger partial charge in [0.15, 0.2) is 0 Å². The maximum atomic E-state index is 10.7. The number of hydrogen-bond acceptors (Lipinski definition) is 6. The lowest BCUT2D eigenvalue weighted by Crippen LogP contribution is -1.86. The molecule has 0 saturated carbocycles. The van der Waals surface area contributed by atoms with Crippen molar-refractivity contribution in [2.45, 2.75) is 13.8 Å². The Kier molecular flexibility index (Phi) is 3.84. The first-order chi connectivity index (χ1) is 9.88. The number of nitrogens with zero attached hydrogens (tertiary/aromatic N) is 3. The van der Waals surface area contributed by atoms with Crippen LogP contribution in [0.1, 0.15) is 11.1 Å². The molecule has 2 aromatic rings. The third-order valence-corrected chi connectivity index (χ3v) is 3.03. The molecule has 0 radical (unpaired) electrons. The van der Waals surface area contributed by atoms with Crippen LogP contribution in [0.25, 0.3) is 0 Å². The molecular weight excluding hydrogens is 274 g/mol. The second-order valence-corrected chi connectivity index (χ2v) is 4.56. The van der Waals surface area contributed by atoms with Gasteiger partial charge < -0.3 is 10.2 Å². The molecule has 0 atom stereocenters. The first kappa shape index (κ1) is 14.4. The summed E-state index contributed by atoms with van der Waals surface area (Å²) in [6.07, 6.45) is 0. The van der Waals surface area contributed by atoms with Gasteiger partial charge in [0, 0.05) is 12.1 Å². The number of rotatable bonds is 3. The zero-order chi connectivity index (χ0) is 15.6. The largest absolute Gasteiger partial charge is 0.506 e. The first-order valence-electron chi connectivity index (χ1n) is 6.08. The number of benzene rings is 2. The topological polar surface area (TPSA) is 108 Å². The number of azo groups is 1. The monoisotopic (exact) mass is 287 g/mol. The SMILES string of the molecule is Cc1cc(O)c(N=Nc2cc([N+](=O)[O-])ccc2O)cc1C. The van der Waals surface area contributed by atoms with Gasteiger partial charge >= 0.3 is 0 Å². The van der Waals surface area contributed by atoms with Crippen LogP contribution in [-0.2, 0) is 0 Å². The van der Waals surface area contributed by atoms with Crippen molar-refractivity contribution in [3.05, 3.63) is 51.6 Å². The molecule has 2 N–H and O–H groups in total. The van der Waals surface area contributed by atoms with Gasteiger partial charge in [-0.25, -0.2) is 0 Å². The number of aromatic hydroxyl groups is 2. The third-order valence-electron chi connectivity index (χ3n) is 3.03. The highest BCUT2D eigenvalue weighted by molar-refractivity contribution is 5.58. The summed E-state index contributed by atoms with van der Waals surface area (Å²) >= 11 is 0. The van der Waals surface area contributed by atoms with Crippen molar-refractivity contribution in [2.24, 2.45) is 10.2 Å². The fourth-order valence-corrected chi connectivity index (χ4v) is 1.68. The minimum atomic E-state index is -0.591. The van der Waals surface area contributed by atoms with Gasteiger partial charge in [-0.3, -0.25) is 10.1 Å². The van der Waals surface area contributed by atoms with Crippen LogP contribution in [0.5, 0.6) is 11.5 Å². The van der Waals surface area contributed by atoms with Gasteiger partial charge in [0.1, 0.15) is 22.9 Å². The molecule has 0 aromatic heterocycles. The van der Waals surface area contributed by atoms with Crippen molar-refractivity contribution in [2.75, 3.05) is 0 Å². The van der Waals surface area contributed by atoms with Crippen molar-refractivity contribution in [3.63, 3.8) is 0 Å². The quantitative estimate of drug-likeness (QED) is 0.504. The number of non-ortho nitro benzene ring substituents is 1. The van der Waals surface area contributed by atoms with Gasteiger partial charge in [0.05, 0.1) is 4.92 Å². The number of aryl methyl sites for hydroxylation is 2. The van der Waals surface area contributed by atoms with Gasteiger partial charge in [0.2, 0.25) is 0 Å². The summed E-state index contributed by atoms with van der Waals surface area (Å²) < 4.78 is 0. The van der Waals surface area contributed by atoms with Crippen LogP contribution in [0.2, 0.25) is 0 Å². The zero-order valence-electron chi connectivity index (χ0n) is 11.4. The normalized spacial score (nSPS) is 11.0. The van der Waals surface area contributed by atoms with E-state index in [0.717, 1.165) is 17.2 Å². The van der Waals surface area contributed by atoms with Crippen LogP contribution >= 0.6 is 0 Å². The molecule has 0 amide bonds. The van der Waals surface area contributed by atoms with E-state index in [9.17, 15) is 20.3 Å². The smallest absolute Gasteiger partial charge is 0.271 e. The number of phenolic OH excluding ortho intramolecular Hbond substituents is 2. The number of nitro groups is 1. The lowest BCUT2D eigenvalue weighted by atomic mass is 10.1. The summed E-state index contributed by atoms with van der Waals surface area (Å²) in [5.74, 6) is -0.278. The minimum Gasteiger partial charge on any atom is -0.506 e. The molecule has 2 rings (SSSR count). The maximum Gasteiger partial charge on any atom is 0.271 e. The molecule has 7 nitrogen and oxygen atoms in total. The van der Waals surface area contributed by atoms with Crippen LogP contribution in [0.15, 0.2) is 40.6 Å². The Morgan fingerprint density at radius 1 is 0.952 bits per heavy atom. The molecule has 7 heteroatoms. The van der Waals surface area contributed by atoms with Crippen molar-refractivity contribution in [1.82, 2.24) is 0 Å². The highest BCUT2D eigenvalue weighted by atomic mass is 16.6. The van der Waals surface area contributed by atoms with Crippen molar-refractivity contribution in [3.8, 4) is 11.5 Å². The second kappa shape index (κ2) is 5.58. The molecule has 0 aliphatic carbocycles. The molecule has 0 aliphatic heterocycles. The number of phenols is 2. The van der Waals surface area contributed by atoms with E-state index in [2.05, 4.69) is 10.2 Å². The summed E-state index contributed by atoms with van der Waals surface area (Å²) in [4.78, 5) is 10.1. The summed E-state index contributed by atoms with van der Waals surface area (Å²) in [7, 11) is 0. The molecule has 0 aliphatic rings. The van der Waals surface area contributed by atoms with Crippen molar-refractivity contribution >= 4 is 17.1 Å². The van der Waals surface area contributed by atoms with E-state index in [0.29, 0.717) is 0 Å². The van der Waals surface area contributed by atoms with E-state index in [4.69, 9.17) is 0 Å². The van der Waals surface area contributed by atoms with E-state index in [1.165, 1.54) is 12.1 Å². The predicted molar refractivity (Wildman–Crippen MR) is 76.5 cm³/mol. The summed E-state index contributed by atoms with van der Waals surface area (Å²) in [6, 6.07) is 6.64. The maximum absolute atomic E-state index is 10.7. The van der Waals surface area contributed by atoms with Gasteiger partial charge in [-0.1, -0.05) is 0 Å². The van der Waals surface area contributed by atoms with E-state index in [-0.39, 0.29) is 28.6 Å². The van der Waals surface area contributed by atoms with Crippen LogP contribution < -0.4 is 0 Å². The minimum absolute atomic E-state index is 0.0400. The van der Waals surface area contributed by atoms with Crippen LogP contribution in [0.4, 0.5) is 17.1 Å². The van der Waals surface area contributed by atoms with Crippen LogP contribution in [-0.4, -0.2) is 15.1 Å². The lowest BCUT2D eigenvalue weighted by molar-refractivity contribution is -0.384. The molecule has 2 aromatic carbocycles. The Balaban J connectivity index is 2.40. The number of hydrogen-bond donors (Lipinski definition) is 2. The molecule has 108 valence electrons. The molecule has 0 heterocycles. The molecule has 0 spiro atoms. The second-order valence-electron chi connectivity index (χ2n) is 4.56. The van der Waals surface area contributed by atoms with E-state index in [1.807, 2.05) is 13.8 Å². The Bertz CT molecular complexity index is 741. The predicted octanol–water partition coefficient (Wildman–Crippen LogP) is 4.04. The average Bonchev–Trinajstić information content (AvgIpc) is 2.42.